The Morgan fingerprint density at radius 2 is 1.33 bits per heavy atom. The van der Waals surface area contributed by atoms with Crippen molar-refractivity contribution in [3.05, 3.63) is 102 Å². The molecule has 2 atom stereocenters. The van der Waals surface area contributed by atoms with Crippen LogP contribution in [0.5, 0.6) is 5.75 Å². The quantitative estimate of drug-likeness (QED) is 0.749. The molecule has 1 aliphatic rings. The first-order valence-corrected chi connectivity index (χ1v) is 8.34. The van der Waals surface area contributed by atoms with E-state index in [1.165, 1.54) is 5.56 Å². The van der Waals surface area contributed by atoms with Gasteiger partial charge in [-0.05, 0) is 35.2 Å². The minimum Gasteiger partial charge on any atom is -0.508 e. The highest BCUT2D eigenvalue weighted by Crippen LogP contribution is 2.51. The Bertz CT molecular complexity index is 796. The molecule has 24 heavy (non-hydrogen) atoms. The van der Waals surface area contributed by atoms with Crippen LogP contribution in [0.4, 0.5) is 0 Å². The molecule has 0 spiro atoms. The van der Waals surface area contributed by atoms with Gasteiger partial charge in [0, 0.05) is 12.5 Å². The number of hydrogen-bond acceptors (Lipinski definition) is 2. The van der Waals surface area contributed by atoms with Crippen LogP contribution in [0.3, 0.4) is 0 Å². The first-order valence-electron chi connectivity index (χ1n) is 8.34. The van der Waals surface area contributed by atoms with Gasteiger partial charge < -0.3 is 9.84 Å². The highest BCUT2D eigenvalue weighted by atomic mass is 16.5. The summed E-state index contributed by atoms with van der Waals surface area (Å²) in [5.74, 6) is 0.516. The second kappa shape index (κ2) is 6.14. The molecule has 4 rings (SSSR count). The van der Waals surface area contributed by atoms with Gasteiger partial charge in [0.15, 0.2) is 0 Å². The summed E-state index contributed by atoms with van der Waals surface area (Å²) >= 11 is 0. The Labute approximate surface area is 142 Å². The van der Waals surface area contributed by atoms with Crippen LogP contribution in [0.1, 0.15) is 29.0 Å². The van der Waals surface area contributed by atoms with Crippen molar-refractivity contribution in [3.63, 3.8) is 0 Å². The Kier molecular flexibility index (Phi) is 3.83. The number of benzene rings is 3. The van der Waals surface area contributed by atoms with E-state index in [-0.39, 0.29) is 11.7 Å². The number of rotatable bonds is 3. The lowest BCUT2D eigenvalue weighted by atomic mass is 9.73. The SMILES string of the molecule is Oc1ccc(C2(c3ccccc3)OCCC2c2ccccc2)cc1. The van der Waals surface area contributed by atoms with E-state index < -0.39 is 5.60 Å². The molecule has 0 bridgehead atoms. The number of hydrogen-bond donors (Lipinski definition) is 1. The summed E-state index contributed by atoms with van der Waals surface area (Å²) in [6, 6.07) is 28.4. The first kappa shape index (κ1) is 15.0. The summed E-state index contributed by atoms with van der Waals surface area (Å²) in [5.41, 5.74) is 3.00. The zero-order chi connectivity index (χ0) is 16.4. The Hall–Kier alpha value is -2.58. The average molecular weight is 316 g/mol. The standard InChI is InChI=1S/C22H20O2/c23-20-13-11-19(12-14-20)22(18-9-5-2-6-10-18)21(15-16-24-22)17-7-3-1-4-8-17/h1-14,21,23H,15-16H2. The average Bonchev–Trinajstić information content (AvgIpc) is 3.10. The van der Waals surface area contributed by atoms with Crippen molar-refractivity contribution in [2.75, 3.05) is 6.61 Å². The molecule has 3 aromatic carbocycles. The van der Waals surface area contributed by atoms with Crippen LogP contribution < -0.4 is 0 Å². The number of aromatic hydroxyl groups is 1. The van der Waals surface area contributed by atoms with E-state index in [1.807, 2.05) is 24.3 Å². The zero-order valence-corrected chi connectivity index (χ0v) is 13.4. The van der Waals surface area contributed by atoms with E-state index >= 15 is 0 Å². The minimum absolute atomic E-state index is 0.241. The van der Waals surface area contributed by atoms with Crippen LogP contribution in [-0.2, 0) is 10.3 Å². The largest absolute Gasteiger partial charge is 0.508 e. The maximum Gasteiger partial charge on any atom is 0.125 e. The van der Waals surface area contributed by atoms with Crippen LogP contribution in [0, 0.1) is 0 Å². The predicted molar refractivity (Wildman–Crippen MR) is 95.1 cm³/mol. The van der Waals surface area contributed by atoms with Crippen LogP contribution in [0.15, 0.2) is 84.9 Å². The van der Waals surface area contributed by atoms with Gasteiger partial charge >= 0.3 is 0 Å². The Balaban J connectivity index is 1.92. The highest BCUT2D eigenvalue weighted by molar-refractivity contribution is 5.44. The van der Waals surface area contributed by atoms with Gasteiger partial charge in [-0.25, -0.2) is 0 Å². The van der Waals surface area contributed by atoms with E-state index in [0.717, 1.165) is 24.2 Å². The molecule has 1 N–H and O–H groups in total. The number of ether oxygens (including phenoxy) is 1. The van der Waals surface area contributed by atoms with Gasteiger partial charge in [0.1, 0.15) is 11.4 Å². The van der Waals surface area contributed by atoms with Gasteiger partial charge in [0.25, 0.3) is 0 Å². The fourth-order valence-electron chi connectivity index (χ4n) is 3.86. The molecule has 1 aliphatic heterocycles. The summed E-state index contributed by atoms with van der Waals surface area (Å²) < 4.78 is 6.44. The third-order valence-corrected chi connectivity index (χ3v) is 4.93. The molecule has 0 saturated carbocycles. The molecule has 1 fully saturated rings. The smallest absolute Gasteiger partial charge is 0.125 e. The zero-order valence-electron chi connectivity index (χ0n) is 13.4. The van der Waals surface area contributed by atoms with Gasteiger partial charge in [0.05, 0.1) is 0 Å². The fraction of sp³-hybridized carbons (Fsp3) is 0.182. The second-order valence-electron chi connectivity index (χ2n) is 6.25. The third kappa shape index (κ3) is 2.40. The molecule has 2 heteroatoms. The Morgan fingerprint density at radius 1 is 0.750 bits per heavy atom. The molecule has 120 valence electrons. The summed E-state index contributed by atoms with van der Waals surface area (Å²) in [6.07, 6.45) is 0.972. The van der Waals surface area contributed by atoms with E-state index in [4.69, 9.17) is 4.74 Å². The third-order valence-electron chi connectivity index (χ3n) is 4.93. The van der Waals surface area contributed by atoms with Gasteiger partial charge in [-0.2, -0.15) is 0 Å². The summed E-state index contributed by atoms with van der Waals surface area (Å²) in [6.45, 7) is 0.718. The minimum atomic E-state index is -0.518. The topological polar surface area (TPSA) is 29.5 Å². The molecule has 0 amide bonds. The van der Waals surface area contributed by atoms with Crippen molar-refractivity contribution in [2.24, 2.45) is 0 Å². The van der Waals surface area contributed by atoms with Crippen molar-refractivity contribution >= 4 is 0 Å². The summed E-state index contributed by atoms with van der Waals surface area (Å²) in [5, 5.41) is 9.70. The second-order valence-corrected chi connectivity index (χ2v) is 6.25. The summed E-state index contributed by atoms with van der Waals surface area (Å²) in [4.78, 5) is 0. The van der Waals surface area contributed by atoms with E-state index in [2.05, 4.69) is 48.5 Å². The predicted octanol–water partition coefficient (Wildman–Crippen LogP) is 4.84. The van der Waals surface area contributed by atoms with Gasteiger partial charge in [-0.3, -0.25) is 0 Å². The molecule has 2 unspecified atom stereocenters. The van der Waals surface area contributed by atoms with Crippen LogP contribution in [0.25, 0.3) is 0 Å². The van der Waals surface area contributed by atoms with Crippen molar-refractivity contribution in [1.29, 1.82) is 0 Å². The van der Waals surface area contributed by atoms with Crippen LogP contribution in [0.2, 0.25) is 0 Å². The lowest BCUT2D eigenvalue weighted by molar-refractivity contribution is 0.0262. The molecular weight excluding hydrogens is 296 g/mol. The van der Waals surface area contributed by atoms with Gasteiger partial charge in [0.2, 0.25) is 0 Å². The molecule has 0 radical (unpaired) electrons. The summed E-state index contributed by atoms with van der Waals surface area (Å²) in [7, 11) is 0. The molecular formula is C22H20O2. The number of phenolic OH excluding ortho intramolecular Hbond substituents is 1. The molecule has 2 nitrogen and oxygen atoms in total. The molecule has 0 aliphatic carbocycles. The molecule has 3 aromatic rings. The first-order chi connectivity index (χ1) is 11.8. The highest BCUT2D eigenvalue weighted by Gasteiger charge is 2.47. The van der Waals surface area contributed by atoms with E-state index in [1.54, 1.807) is 12.1 Å². The van der Waals surface area contributed by atoms with E-state index in [9.17, 15) is 5.11 Å². The number of phenols is 1. The van der Waals surface area contributed by atoms with Crippen LogP contribution in [-0.4, -0.2) is 11.7 Å². The van der Waals surface area contributed by atoms with Crippen molar-refractivity contribution < 1.29 is 9.84 Å². The maximum atomic E-state index is 9.70. The Morgan fingerprint density at radius 3 is 2.00 bits per heavy atom. The van der Waals surface area contributed by atoms with Crippen molar-refractivity contribution in [1.82, 2.24) is 0 Å². The van der Waals surface area contributed by atoms with Crippen LogP contribution >= 0.6 is 0 Å². The maximum absolute atomic E-state index is 9.70. The lowest BCUT2D eigenvalue weighted by Gasteiger charge is -2.36. The normalized spacial score (nSPS) is 23.2. The molecule has 1 saturated heterocycles. The van der Waals surface area contributed by atoms with Gasteiger partial charge in [-0.15, -0.1) is 0 Å². The fourth-order valence-corrected chi connectivity index (χ4v) is 3.86. The van der Waals surface area contributed by atoms with E-state index in [0.29, 0.717) is 0 Å². The van der Waals surface area contributed by atoms with Crippen molar-refractivity contribution in [3.8, 4) is 5.75 Å². The molecule has 1 heterocycles. The molecule has 0 aromatic heterocycles. The lowest BCUT2D eigenvalue weighted by Crippen LogP contribution is -2.32. The van der Waals surface area contributed by atoms with Gasteiger partial charge in [-0.1, -0.05) is 72.8 Å². The van der Waals surface area contributed by atoms with Crippen molar-refractivity contribution in [2.45, 2.75) is 17.9 Å². The monoisotopic (exact) mass is 316 g/mol.